The van der Waals surface area contributed by atoms with E-state index in [4.69, 9.17) is 4.74 Å². The molecule has 0 unspecified atom stereocenters. The molecular weight excluding hydrogens is 587 g/mol. The SMILES string of the molecule is CCS(=O)(=O)Nc1cc(-c2cc3c4c(cnc3cc2F)N(C)C(=O)C42CCC2)cnc1N1CC(N(C)C(=O)OC(C)(C)C)C1. The van der Waals surface area contributed by atoms with Gasteiger partial charge in [-0.25, -0.2) is 22.6 Å². The Bertz CT molecular complexity index is 1800. The number of nitrogens with one attached hydrogen (secondary N) is 1. The van der Waals surface area contributed by atoms with E-state index < -0.39 is 32.9 Å². The molecule has 0 bridgehead atoms. The zero-order valence-corrected chi connectivity index (χ0v) is 26.6. The van der Waals surface area contributed by atoms with E-state index in [1.54, 1.807) is 58.1 Å². The lowest BCUT2D eigenvalue weighted by atomic mass is 9.64. The van der Waals surface area contributed by atoms with Crippen LogP contribution < -0.4 is 14.5 Å². The maximum absolute atomic E-state index is 15.7. The Morgan fingerprint density at radius 1 is 1.18 bits per heavy atom. The number of carbonyl (C=O) groups is 2. The van der Waals surface area contributed by atoms with E-state index in [0.717, 1.165) is 30.5 Å². The van der Waals surface area contributed by atoms with Gasteiger partial charge in [0, 0.05) is 61.5 Å². The summed E-state index contributed by atoms with van der Waals surface area (Å²) in [5.41, 5.74) is 1.63. The molecular formula is C31H37FN6O5S. The van der Waals surface area contributed by atoms with Crippen LogP contribution in [0.1, 0.15) is 52.5 Å². The maximum atomic E-state index is 15.7. The van der Waals surface area contributed by atoms with Gasteiger partial charge in [-0.2, -0.15) is 0 Å². The molecule has 1 saturated carbocycles. The van der Waals surface area contributed by atoms with Gasteiger partial charge in [-0.3, -0.25) is 14.5 Å². The third-order valence-electron chi connectivity index (χ3n) is 8.91. The number of hydrogen-bond acceptors (Lipinski definition) is 8. The van der Waals surface area contributed by atoms with Crippen LogP contribution in [0.4, 0.5) is 26.4 Å². The highest BCUT2D eigenvalue weighted by molar-refractivity contribution is 7.92. The largest absolute Gasteiger partial charge is 0.444 e. The Morgan fingerprint density at radius 3 is 2.50 bits per heavy atom. The molecule has 2 aliphatic heterocycles. The van der Waals surface area contributed by atoms with Crippen LogP contribution in [-0.2, 0) is 25.0 Å². The second-order valence-corrected chi connectivity index (χ2v) is 14.9. The lowest BCUT2D eigenvalue weighted by molar-refractivity contribution is -0.125. The second kappa shape index (κ2) is 10.3. The zero-order chi connectivity index (χ0) is 31.8. The summed E-state index contributed by atoms with van der Waals surface area (Å²) in [6.07, 6.45) is 5.11. The number of benzene rings is 1. The van der Waals surface area contributed by atoms with Crippen LogP contribution in [0.15, 0.2) is 30.6 Å². The molecule has 0 atom stereocenters. The van der Waals surface area contributed by atoms with Crippen molar-refractivity contribution in [3.63, 3.8) is 0 Å². The summed E-state index contributed by atoms with van der Waals surface area (Å²) in [4.78, 5) is 39.9. The van der Waals surface area contributed by atoms with Crippen molar-refractivity contribution in [3.05, 3.63) is 42.0 Å². The van der Waals surface area contributed by atoms with Gasteiger partial charge in [0.15, 0.2) is 5.82 Å². The number of fused-ring (bicyclic) bond motifs is 4. The van der Waals surface area contributed by atoms with Gasteiger partial charge in [0.25, 0.3) is 0 Å². The fourth-order valence-corrected chi connectivity index (χ4v) is 6.87. The van der Waals surface area contributed by atoms with Gasteiger partial charge in [-0.1, -0.05) is 6.42 Å². The number of sulfonamides is 1. The quantitative estimate of drug-likeness (QED) is 0.420. The number of aromatic nitrogens is 2. The van der Waals surface area contributed by atoms with Crippen molar-refractivity contribution in [1.29, 1.82) is 0 Å². The van der Waals surface area contributed by atoms with E-state index in [1.807, 2.05) is 4.90 Å². The van der Waals surface area contributed by atoms with E-state index in [0.29, 0.717) is 35.4 Å². The van der Waals surface area contributed by atoms with Crippen LogP contribution in [0.5, 0.6) is 0 Å². The fourth-order valence-electron chi connectivity index (χ4n) is 6.24. The van der Waals surface area contributed by atoms with Gasteiger partial charge in [0.1, 0.15) is 11.4 Å². The lowest BCUT2D eigenvalue weighted by Gasteiger charge is -2.45. The van der Waals surface area contributed by atoms with Crippen molar-refractivity contribution < 1.29 is 27.1 Å². The average molecular weight is 625 g/mol. The van der Waals surface area contributed by atoms with Crippen molar-refractivity contribution >= 4 is 50.1 Å². The van der Waals surface area contributed by atoms with Crippen LogP contribution in [-0.4, -0.2) is 79.9 Å². The molecule has 1 spiro atoms. The molecule has 44 heavy (non-hydrogen) atoms. The van der Waals surface area contributed by atoms with Crippen molar-refractivity contribution in [2.75, 3.05) is 47.5 Å². The first-order valence-corrected chi connectivity index (χ1v) is 16.4. The summed E-state index contributed by atoms with van der Waals surface area (Å²) >= 11 is 0. The molecule has 2 amide bonds. The van der Waals surface area contributed by atoms with Crippen LogP contribution in [0, 0.1) is 5.82 Å². The van der Waals surface area contributed by atoms with E-state index >= 15 is 4.39 Å². The standard InChI is InChI=1S/C31H37FN6O5S/c1-7-44(41,42)35-24-11-18(14-34-27(24)38-16-19(17-38)36(5)29(40)43-30(2,3)4)20-12-21-23(13-22(20)32)33-15-25-26(21)31(9-8-10-31)28(39)37(25)6/h11-15,19,35H,7-10,16-17H2,1-6H3. The van der Waals surface area contributed by atoms with Crippen LogP contribution in [0.25, 0.3) is 22.0 Å². The summed E-state index contributed by atoms with van der Waals surface area (Å²) in [5.74, 6) is -0.283. The summed E-state index contributed by atoms with van der Waals surface area (Å²) in [6, 6.07) is 4.48. The number of carbonyl (C=O) groups excluding carboxylic acids is 2. The number of anilines is 3. The Hall–Kier alpha value is -4.00. The minimum Gasteiger partial charge on any atom is -0.444 e. The minimum atomic E-state index is -3.70. The minimum absolute atomic E-state index is 0.0337. The normalized spacial score (nSPS) is 17.8. The van der Waals surface area contributed by atoms with Crippen molar-refractivity contribution in [3.8, 4) is 11.1 Å². The molecule has 234 valence electrons. The average Bonchev–Trinajstić information content (AvgIpc) is 3.14. The van der Waals surface area contributed by atoms with Gasteiger partial charge in [-0.15, -0.1) is 0 Å². The monoisotopic (exact) mass is 624 g/mol. The van der Waals surface area contributed by atoms with Crippen LogP contribution in [0.2, 0.25) is 0 Å². The van der Waals surface area contributed by atoms with Crippen LogP contribution >= 0.6 is 0 Å². The molecule has 2 fully saturated rings. The summed E-state index contributed by atoms with van der Waals surface area (Å²) < 4.78 is 49.1. The van der Waals surface area contributed by atoms with Gasteiger partial charge in [-0.05, 0) is 52.7 Å². The predicted octanol–water partition coefficient (Wildman–Crippen LogP) is 4.65. The van der Waals surface area contributed by atoms with E-state index in [2.05, 4.69) is 14.7 Å². The number of hydrogen-bond donors (Lipinski definition) is 1. The molecule has 1 N–H and O–H groups in total. The second-order valence-electron chi connectivity index (χ2n) is 12.9. The molecule has 2 aromatic heterocycles. The third kappa shape index (κ3) is 4.90. The molecule has 1 aliphatic carbocycles. The highest BCUT2D eigenvalue weighted by atomic mass is 32.2. The number of likely N-dealkylation sites (N-methyl/N-ethyl adjacent to an activating group) is 2. The molecule has 3 aliphatic rings. The van der Waals surface area contributed by atoms with Gasteiger partial charge >= 0.3 is 6.09 Å². The number of pyridine rings is 2. The molecule has 1 saturated heterocycles. The lowest BCUT2D eigenvalue weighted by Crippen LogP contribution is -2.60. The van der Waals surface area contributed by atoms with Crippen LogP contribution in [0.3, 0.4) is 0 Å². The van der Waals surface area contributed by atoms with E-state index in [-0.39, 0.29) is 29.0 Å². The number of ether oxygens (including phenoxy) is 1. The Kier molecular flexibility index (Phi) is 7.02. The number of amides is 2. The van der Waals surface area contributed by atoms with Gasteiger partial charge < -0.3 is 19.4 Å². The Morgan fingerprint density at radius 2 is 1.89 bits per heavy atom. The summed E-state index contributed by atoms with van der Waals surface area (Å²) in [6.45, 7) is 7.75. The smallest absolute Gasteiger partial charge is 0.410 e. The number of nitrogens with zero attached hydrogens (tertiary/aromatic N) is 5. The first-order chi connectivity index (χ1) is 20.6. The van der Waals surface area contributed by atoms with E-state index in [9.17, 15) is 18.0 Å². The molecule has 11 nitrogen and oxygen atoms in total. The fraction of sp³-hybridized carbons (Fsp3) is 0.484. The van der Waals surface area contributed by atoms with Gasteiger partial charge in [0.05, 0.1) is 40.3 Å². The summed E-state index contributed by atoms with van der Waals surface area (Å²) in [5, 5.41) is 0.701. The van der Waals surface area contributed by atoms with Crippen molar-refractivity contribution in [1.82, 2.24) is 14.9 Å². The Balaban J connectivity index is 1.37. The summed E-state index contributed by atoms with van der Waals surface area (Å²) in [7, 11) is -0.290. The molecule has 13 heteroatoms. The first kappa shape index (κ1) is 30.0. The molecule has 4 heterocycles. The van der Waals surface area contributed by atoms with Crippen molar-refractivity contribution in [2.24, 2.45) is 0 Å². The molecule has 6 rings (SSSR count). The number of rotatable bonds is 6. The highest BCUT2D eigenvalue weighted by Crippen LogP contribution is 2.55. The Labute approximate surface area is 256 Å². The molecule has 1 aromatic carbocycles. The molecule has 3 aromatic rings. The third-order valence-corrected chi connectivity index (χ3v) is 10.2. The highest BCUT2D eigenvalue weighted by Gasteiger charge is 2.54. The van der Waals surface area contributed by atoms with E-state index in [1.165, 1.54) is 24.1 Å². The number of halogens is 1. The first-order valence-electron chi connectivity index (χ1n) is 14.8. The van der Waals surface area contributed by atoms with Gasteiger partial charge in [0.2, 0.25) is 15.9 Å². The maximum Gasteiger partial charge on any atom is 0.410 e. The zero-order valence-electron chi connectivity index (χ0n) is 25.8. The van der Waals surface area contributed by atoms with Crippen molar-refractivity contribution in [2.45, 2.75) is 64.0 Å². The predicted molar refractivity (Wildman–Crippen MR) is 167 cm³/mol. The molecule has 0 radical (unpaired) electrons. The topological polar surface area (TPSA) is 125 Å².